The van der Waals surface area contributed by atoms with Gasteiger partial charge in [0.2, 0.25) is 0 Å². The summed E-state index contributed by atoms with van der Waals surface area (Å²) >= 11 is 0. The molecule has 2 saturated carbocycles. The van der Waals surface area contributed by atoms with E-state index in [1.807, 2.05) is 0 Å². The minimum Gasteiger partial charge on any atom is -0.102 e. The summed E-state index contributed by atoms with van der Waals surface area (Å²) in [5, 5.41) is 0. The molecule has 0 aromatic heterocycles. The third-order valence-electron chi connectivity index (χ3n) is 8.42. The summed E-state index contributed by atoms with van der Waals surface area (Å²) in [4.78, 5) is 0. The molecule has 0 N–H and O–H groups in total. The summed E-state index contributed by atoms with van der Waals surface area (Å²) in [7, 11) is 0. The highest BCUT2D eigenvalue weighted by Crippen LogP contribution is 2.52. The van der Waals surface area contributed by atoms with E-state index in [2.05, 4.69) is 91.7 Å². The van der Waals surface area contributed by atoms with Gasteiger partial charge in [-0.2, -0.15) is 0 Å². The standard InChI is InChI=1S/C33H52/c1-10-12-16-31(18-17-30-24-26(4)23-27(5)29(30)7)32(8,9)20-19-25(3)14-13-15-28(6)33(11-2)21-22-33/h11,13,15,17-18,25-27H,2,6-7,10,12,14,16,19-24H2,1,3-5,8-9H3/b15-13+,30-17-,31-18+. The van der Waals surface area contributed by atoms with Crippen LogP contribution < -0.4 is 0 Å². The first kappa shape index (κ1) is 27.7. The predicted octanol–water partition coefficient (Wildman–Crippen LogP) is 10.6. The van der Waals surface area contributed by atoms with Gasteiger partial charge in [0, 0.05) is 5.41 Å². The van der Waals surface area contributed by atoms with Crippen LogP contribution in [0.25, 0.3) is 0 Å². The van der Waals surface area contributed by atoms with Crippen LogP contribution in [-0.4, -0.2) is 0 Å². The van der Waals surface area contributed by atoms with Gasteiger partial charge in [0.05, 0.1) is 0 Å². The predicted molar refractivity (Wildman–Crippen MR) is 149 cm³/mol. The van der Waals surface area contributed by atoms with Crippen LogP contribution in [0.15, 0.2) is 72.4 Å². The molecule has 0 nitrogen and oxygen atoms in total. The van der Waals surface area contributed by atoms with Crippen molar-refractivity contribution in [3.05, 3.63) is 72.4 Å². The zero-order chi connectivity index (χ0) is 24.6. The Balaban J connectivity index is 1.99. The van der Waals surface area contributed by atoms with E-state index < -0.39 is 0 Å². The molecule has 0 heterocycles. The van der Waals surface area contributed by atoms with Crippen LogP contribution >= 0.6 is 0 Å². The molecule has 0 spiro atoms. The van der Waals surface area contributed by atoms with E-state index in [-0.39, 0.29) is 10.8 Å². The van der Waals surface area contributed by atoms with Crippen LogP contribution in [0, 0.1) is 28.6 Å². The number of allylic oxidation sites excluding steroid dienone is 9. The Kier molecular flexibility index (Phi) is 10.3. The van der Waals surface area contributed by atoms with Gasteiger partial charge in [-0.1, -0.05) is 97.1 Å². The van der Waals surface area contributed by atoms with Gasteiger partial charge in [0.15, 0.2) is 0 Å². The van der Waals surface area contributed by atoms with E-state index >= 15 is 0 Å². The van der Waals surface area contributed by atoms with Crippen LogP contribution in [0.1, 0.15) is 106 Å². The van der Waals surface area contributed by atoms with Crippen molar-refractivity contribution >= 4 is 0 Å². The monoisotopic (exact) mass is 448 g/mol. The number of rotatable bonds is 13. The van der Waals surface area contributed by atoms with Crippen LogP contribution in [0.5, 0.6) is 0 Å². The molecule has 0 saturated heterocycles. The van der Waals surface area contributed by atoms with E-state index in [1.54, 1.807) is 5.57 Å². The first-order valence-electron chi connectivity index (χ1n) is 13.6. The second-order valence-electron chi connectivity index (χ2n) is 12.0. The number of hydrogen-bond acceptors (Lipinski definition) is 0. The lowest BCUT2D eigenvalue weighted by Gasteiger charge is -2.31. The van der Waals surface area contributed by atoms with E-state index in [4.69, 9.17) is 0 Å². The summed E-state index contributed by atoms with van der Waals surface area (Å²) in [6, 6.07) is 0. The maximum absolute atomic E-state index is 4.42. The van der Waals surface area contributed by atoms with Crippen molar-refractivity contribution in [1.82, 2.24) is 0 Å². The first-order chi connectivity index (χ1) is 15.5. The van der Waals surface area contributed by atoms with Crippen molar-refractivity contribution in [2.24, 2.45) is 28.6 Å². The molecule has 2 fully saturated rings. The molecule has 2 rings (SSSR count). The average molecular weight is 449 g/mol. The van der Waals surface area contributed by atoms with Gasteiger partial charge < -0.3 is 0 Å². The zero-order valence-corrected chi connectivity index (χ0v) is 22.8. The molecule has 2 aliphatic carbocycles. The van der Waals surface area contributed by atoms with Crippen molar-refractivity contribution in [2.75, 3.05) is 0 Å². The van der Waals surface area contributed by atoms with E-state index in [0.717, 1.165) is 12.3 Å². The fourth-order valence-corrected chi connectivity index (χ4v) is 5.33. The van der Waals surface area contributed by atoms with Crippen molar-refractivity contribution in [3.8, 4) is 0 Å². The van der Waals surface area contributed by atoms with Gasteiger partial charge >= 0.3 is 0 Å². The molecule has 0 heteroatoms. The van der Waals surface area contributed by atoms with Gasteiger partial charge in [0.1, 0.15) is 0 Å². The molecule has 184 valence electrons. The Bertz CT molecular complexity index is 777. The fourth-order valence-electron chi connectivity index (χ4n) is 5.33. The third-order valence-corrected chi connectivity index (χ3v) is 8.42. The Morgan fingerprint density at radius 2 is 1.94 bits per heavy atom. The summed E-state index contributed by atoms with van der Waals surface area (Å²) in [5.74, 6) is 2.08. The molecule has 33 heavy (non-hydrogen) atoms. The summed E-state index contributed by atoms with van der Waals surface area (Å²) < 4.78 is 0. The minimum absolute atomic E-state index is 0.217. The lowest BCUT2D eigenvalue weighted by atomic mass is 9.74. The fraction of sp³-hybridized carbons (Fsp3) is 0.636. The second kappa shape index (κ2) is 12.2. The Morgan fingerprint density at radius 3 is 2.55 bits per heavy atom. The Hall–Kier alpha value is -1.56. The smallest absolute Gasteiger partial charge is 0.0124 e. The van der Waals surface area contributed by atoms with Crippen molar-refractivity contribution in [2.45, 2.75) is 106 Å². The highest BCUT2D eigenvalue weighted by atomic mass is 14.4. The number of unbranched alkanes of at least 4 members (excludes halogenated alkanes) is 1. The van der Waals surface area contributed by atoms with Crippen molar-refractivity contribution in [3.63, 3.8) is 0 Å². The number of hydrogen-bond donors (Lipinski definition) is 0. The molecule has 0 amide bonds. The SMILES string of the molecule is C=CC1(C(=C)/C=C/CC(C)CCC(C)(C)/C(=C/C=C2/CC(C)CC(C)C2=C)CCCC)CC1. The van der Waals surface area contributed by atoms with Crippen LogP contribution in [0.2, 0.25) is 0 Å². The zero-order valence-electron chi connectivity index (χ0n) is 22.8. The second-order valence-corrected chi connectivity index (χ2v) is 12.0. The lowest BCUT2D eigenvalue weighted by Crippen LogP contribution is -2.17. The average Bonchev–Trinajstić information content (AvgIpc) is 3.56. The van der Waals surface area contributed by atoms with Gasteiger partial charge in [-0.25, -0.2) is 0 Å². The normalized spacial score (nSPS) is 25.5. The molecule has 3 unspecified atom stereocenters. The van der Waals surface area contributed by atoms with E-state index in [9.17, 15) is 0 Å². The molecule has 0 radical (unpaired) electrons. The lowest BCUT2D eigenvalue weighted by molar-refractivity contribution is 0.343. The largest absolute Gasteiger partial charge is 0.102 e. The first-order valence-corrected chi connectivity index (χ1v) is 13.6. The van der Waals surface area contributed by atoms with Gasteiger partial charge in [-0.15, -0.1) is 6.58 Å². The molecule has 3 atom stereocenters. The van der Waals surface area contributed by atoms with Crippen LogP contribution in [-0.2, 0) is 0 Å². The Labute approximate surface area is 206 Å². The van der Waals surface area contributed by atoms with Gasteiger partial charge in [0.25, 0.3) is 0 Å². The van der Waals surface area contributed by atoms with Crippen molar-refractivity contribution < 1.29 is 0 Å². The molecule has 2 aliphatic rings. The highest BCUT2D eigenvalue weighted by molar-refractivity contribution is 5.37. The molecular formula is C33H52. The summed E-state index contributed by atoms with van der Waals surface area (Å²) in [5.41, 5.74) is 6.17. The topological polar surface area (TPSA) is 0 Å². The quantitative estimate of drug-likeness (QED) is 0.194. The molecule has 0 bridgehead atoms. The van der Waals surface area contributed by atoms with Crippen LogP contribution in [0.4, 0.5) is 0 Å². The molecule has 0 aromatic carbocycles. The molecule has 0 aromatic rings. The maximum atomic E-state index is 4.42. The Morgan fingerprint density at radius 1 is 1.24 bits per heavy atom. The van der Waals surface area contributed by atoms with Gasteiger partial charge in [-0.3, -0.25) is 0 Å². The molecule has 0 aliphatic heterocycles. The summed E-state index contributed by atoms with van der Waals surface area (Å²) in [6.45, 7) is 27.1. The van der Waals surface area contributed by atoms with E-state index in [1.165, 1.54) is 74.5 Å². The summed E-state index contributed by atoms with van der Waals surface area (Å²) in [6.07, 6.45) is 23.9. The highest BCUT2D eigenvalue weighted by Gasteiger charge is 2.40. The maximum Gasteiger partial charge on any atom is 0.0124 e. The van der Waals surface area contributed by atoms with Gasteiger partial charge in [-0.05, 0) is 97.7 Å². The minimum atomic E-state index is 0.217. The van der Waals surface area contributed by atoms with E-state index in [0.29, 0.717) is 11.8 Å². The third kappa shape index (κ3) is 8.01. The molecular weight excluding hydrogens is 396 g/mol. The van der Waals surface area contributed by atoms with Crippen molar-refractivity contribution in [1.29, 1.82) is 0 Å². The van der Waals surface area contributed by atoms with Crippen LogP contribution in [0.3, 0.4) is 0 Å².